The van der Waals surface area contributed by atoms with Crippen LogP contribution in [0, 0.1) is 11.3 Å². The summed E-state index contributed by atoms with van der Waals surface area (Å²) in [5.41, 5.74) is 2.92. The summed E-state index contributed by atoms with van der Waals surface area (Å²) in [5.74, 6) is 0.128. The quantitative estimate of drug-likeness (QED) is 0.568. The molecule has 2 aromatic heterocycles. The smallest absolute Gasteiger partial charge is 0.275 e. The van der Waals surface area contributed by atoms with Crippen molar-refractivity contribution in [1.29, 1.82) is 5.26 Å². The molecule has 7 nitrogen and oxygen atoms in total. The molecule has 0 saturated carbocycles. The topological polar surface area (TPSA) is 104 Å². The lowest BCUT2D eigenvalue weighted by Gasteiger charge is -2.09. The number of carbonyl (C=O) groups excluding carboxylic acids is 1. The van der Waals surface area contributed by atoms with Crippen LogP contribution in [0.25, 0.3) is 10.9 Å². The van der Waals surface area contributed by atoms with Crippen LogP contribution in [0.1, 0.15) is 16.1 Å². The molecule has 0 unspecified atom stereocenters. The molecule has 0 aliphatic carbocycles. The number of rotatable bonds is 4. The maximum Gasteiger partial charge on any atom is 0.275 e. The number of benzene rings is 2. The maximum absolute atomic E-state index is 12.3. The molecule has 134 valence electrons. The van der Waals surface area contributed by atoms with E-state index in [0.717, 1.165) is 16.6 Å². The summed E-state index contributed by atoms with van der Waals surface area (Å²) in [6.45, 7) is 0. The minimum Gasteiger partial charge on any atom is -0.337 e. The number of para-hydroxylation sites is 1. The number of anilines is 3. The number of carbonyl (C=O) groups is 1. The average Bonchev–Trinajstić information content (AvgIpc) is 2.75. The lowest BCUT2D eigenvalue weighted by atomic mass is 10.2. The van der Waals surface area contributed by atoms with E-state index in [1.165, 1.54) is 12.4 Å². The zero-order valence-corrected chi connectivity index (χ0v) is 14.6. The lowest BCUT2D eigenvalue weighted by molar-refractivity contribution is 0.102. The summed E-state index contributed by atoms with van der Waals surface area (Å²) < 4.78 is 0. The third kappa shape index (κ3) is 3.61. The van der Waals surface area contributed by atoms with Gasteiger partial charge in [-0.25, -0.2) is 9.97 Å². The first-order valence-corrected chi connectivity index (χ1v) is 8.47. The van der Waals surface area contributed by atoms with E-state index in [4.69, 9.17) is 5.26 Å². The minimum absolute atomic E-state index is 0.186. The van der Waals surface area contributed by atoms with Crippen LogP contribution >= 0.6 is 0 Å². The Morgan fingerprint density at radius 1 is 0.929 bits per heavy atom. The van der Waals surface area contributed by atoms with Gasteiger partial charge < -0.3 is 10.6 Å². The number of hydrogen-bond donors (Lipinski definition) is 2. The molecular weight excluding hydrogens is 352 g/mol. The highest BCUT2D eigenvalue weighted by Crippen LogP contribution is 2.23. The Bertz CT molecular complexity index is 1170. The van der Waals surface area contributed by atoms with E-state index in [1.54, 1.807) is 30.5 Å². The van der Waals surface area contributed by atoms with Crippen LogP contribution in [0.2, 0.25) is 0 Å². The highest BCUT2D eigenvalue weighted by atomic mass is 16.1. The minimum atomic E-state index is -0.379. The third-order valence-electron chi connectivity index (χ3n) is 4.05. The van der Waals surface area contributed by atoms with Crippen LogP contribution in [0.15, 0.2) is 73.2 Å². The molecule has 0 atom stereocenters. The monoisotopic (exact) mass is 366 g/mol. The Balaban J connectivity index is 1.48. The molecule has 0 saturated heterocycles. The fourth-order valence-electron chi connectivity index (χ4n) is 2.68. The number of pyridine rings is 1. The van der Waals surface area contributed by atoms with Crippen LogP contribution in [0.5, 0.6) is 0 Å². The summed E-state index contributed by atoms with van der Waals surface area (Å²) in [5, 5.41) is 15.7. The zero-order chi connectivity index (χ0) is 19.3. The van der Waals surface area contributed by atoms with Crippen LogP contribution in [0.4, 0.5) is 17.2 Å². The molecule has 0 spiro atoms. The molecule has 1 amide bonds. The van der Waals surface area contributed by atoms with E-state index in [1.807, 2.05) is 36.4 Å². The molecule has 0 bridgehead atoms. The van der Waals surface area contributed by atoms with Gasteiger partial charge in [-0.1, -0.05) is 18.2 Å². The molecule has 28 heavy (non-hydrogen) atoms. The molecule has 0 aliphatic heterocycles. The van der Waals surface area contributed by atoms with E-state index in [0.29, 0.717) is 17.1 Å². The van der Waals surface area contributed by atoms with Crippen molar-refractivity contribution in [2.45, 2.75) is 0 Å². The number of nitriles is 1. The van der Waals surface area contributed by atoms with Gasteiger partial charge in [0.1, 0.15) is 11.5 Å². The van der Waals surface area contributed by atoms with Crippen molar-refractivity contribution in [2.24, 2.45) is 0 Å². The van der Waals surface area contributed by atoms with E-state index >= 15 is 0 Å². The lowest BCUT2D eigenvalue weighted by Crippen LogP contribution is -2.14. The van der Waals surface area contributed by atoms with Crippen molar-refractivity contribution in [3.8, 4) is 6.07 Å². The summed E-state index contributed by atoms with van der Waals surface area (Å²) in [6, 6.07) is 18.3. The van der Waals surface area contributed by atoms with E-state index in [9.17, 15) is 4.79 Å². The number of aromatic nitrogens is 3. The van der Waals surface area contributed by atoms with Gasteiger partial charge in [-0.05, 0) is 36.4 Å². The van der Waals surface area contributed by atoms with Crippen LogP contribution in [-0.4, -0.2) is 20.9 Å². The Labute approximate surface area is 160 Å². The van der Waals surface area contributed by atoms with Crippen LogP contribution in [0.3, 0.4) is 0 Å². The first-order valence-electron chi connectivity index (χ1n) is 8.47. The number of hydrogen-bond acceptors (Lipinski definition) is 6. The summed E-state index contributed by atoms with van der Waals surface area (Å²) in [6.07, 6.45) is 4.63. The van der Waals surface area contributed by atoms with Crippen molar-refractivity contribution in [3.63, 3.8) is 0 Å². The predicted molar refractivity (Wildman–Crippen MR) is 106 cm³/mol. The highest BCUT2D eigenvalue weighted by molar-refractivity contribution is 6.02. The second-order valence-corrected chi connectivity index (χ2v) is 5.94. The summed E-state index contributed by atoms with van der Waals surface area (Å²) >= 11 is 0. The van der Waals surface area contributed by atoms with Gasteiger partial charge in [0.15, 0.2) is 0 Å². The second kappa shape index (κ2) is 7.51. The largest absolute Gasteiger partial charge is 0.337 e. The van der Waals surface area contributed by atoms with Crippen LogP contribution in [-0.2, 0) is 0 Å². The predicted octanol–water partition coefficient (Wildman–Crippen LogP) is 3.89. The molecular formula is C21H14N6O. The fourth-order valence-corrected chi connectivity index (χ4v) is 2.68. The number of amides is 1. The maximum atomic E-state index is 12.3. The van der Waals surface area contributed by atoms with Gasteiger partial charge in [0.2, 0.25) is 0 Å². The highest BCUT2D eigenvalue weighted by Gasteiger charge is 2.09. The fraction of sp³-hybridized carbons (Fsp3) is 0. The van der Waals surface area contributed by atoms with Crippen LogP contribution < -0.4 is 10.6 Å². The van der Waals surface area contributed by atoms with Gasteiger partial charge in [0.05, 0.1) is 35.2 Å². The van der Waals surface area contributed by atoms with Crippen molar-refractivity contribution in [2.75, 3.05) is 10.6 Å². The number of fused-ring (bicyclic) bond motifs is 1. The molecule has 4 aromatic rings. The van der Waals surface area contributed by atoms with Gasteiger partial charge in [-0.2, -0.15) is 5.26 Å². The zero-order valence-electron chi connectivity index (χ0n) is 14.6. The molecule has 4 rings (SSSR count). The molecule has 0 aliphatic rings. The molecule has 2 aromatic carbocycles. The van der Waals surface area contributed by atoms with E-state index < -0.39 is 0 Å². The normalized spacial score (nSPS) is 10.2. The Kier molecular flexibility index (Phi) is 4.59. The molecule has 7 heteroatoms. The Hall–Kier alpha value is -4.31. The molecule has 2 heterocycles. The van der Waals surface area contributed by atoms with Gasteiger partial charge >= 0.3 is 0 Å². The molecule has 0 radical (unpaired) electrons. The average molecular weight is 366 g/mol. The first-order chi connectivity index (χ1) is 13.7. The first kappa shape index (κ1) is 17.1. The molecule has 0 fully saturated rings. The van der Waals surface area contributed by atoms with E-state index in [-0.39, 0.29) is 11.6 Å². The van der Waals surface area contributed by atoms with E-state index in [2.05, 4.69) is 25.6 Å². The van der Waals surface area contributed by atoms with Gasteiger partial charge in [0, 0.05) is 17.3 Å². The van der Waals surface area contributed by atoms with Crippen molar-refractivity contribution >= 4 is 34.0 Å². The number of nitrogens with one attached hydrogen (secondary N) is 2. The molecule has 2 N–H and O–H groups in total. The van der Waals surface area contributed by atoms with Gasteiger partial charge in [-0.3, -0.25) is 9.78 Å². The van der Waals surface area contributed by atoms with Gasteiger partial charge in [0.25, 0.3) is 5.91 Å². The summed E-state index contributed by atoms with van der Waals surface area (Å²) in [4.78, 5) is 25.1. The summed E-state index contributed by atoms with van der Waals surface area (Å²) in [7, 11) is 0. The number of nitrogens with zero attached hydrogens (tertiary/aromatic N) is 4. The third-order valence-corrected chi connectivity index (χ3v) is 4.05. The van der Waals surface area contributed by atoms with Gasteiger partial charge in [-0.15, -0.1) is 0 Å². The Morgan fingerprint density at radius 3 is 2.50 bits per heavy atom. The Morgan fingerprint density at radius 2 is 1.75 bits per heavy atom. The van der Waals surface area contributed by atoms with Crippen molar-refractivity contribution < 1.29 is 4.79 Å². The SMILES string of the molecule is N#Cc1ccc(NC(=O)c2cnc(Nc3cccc4cccnc34)cn2)cc1. The standard InChI is InChI=1S/C21H14N6O/c22-11-14-6-8-16(9-7-14)26-21(28)18-12-25-19(13-24-18)27-17-5-1-3-15-4-2-10-23-20(15)17/h1-10,12-13H,(H,25,27)(H,26,28). The second-order valence-electron chi connectivity index (χ2n) is 5.94. The van der Waals surface area contributed by atoms with Crippen molar-refractivity contribution in [3.05, 3.63) is 84.4 Å². The van der Waals surface area contributed by atoms with Crippen molar-refractivity contribution in [1.82, 2.24) is 15.0 Å².